The van der Waals surface area contributed by atoms with E-state index in [0.29, 0.717) is 25.2 Å². The first-order valence-electron chi connectivity index (χ1n) is 8.71. The van der Waals surface area contributed by atoms with Crippen molar-refractivity contribution in [2.75, 3.05) is 24.5 Å². The number of rotatable bonds is 8. The van der Waals surface area contributed by atoms with Crippen LogP contribution in [0.15, 0.2) is 29.2 Å². The molecule has 2 rings (SSSR count). The van der Waals surface area contributed by atoms with E-state index >= 15 is 0 Å². The number of hydrogen-bond donors (Lipinski definition) is 3. The zero-order valence-electron chi connectivity index (χ0n) is 15.3. The van der Waals surface area contributed by atoms with Crippen LogP contribution in [0.4, 0.5) is 5.69 Å². The van der Waals surface area contributed by atoms with Gasteiger partial charge in [0.2, 0.25) is 27.7 Å². The predicted octanol–water partition coefficient (Wildman–Crippen LogP) is -0.267. The molecule has 1 saturated heterocycles. The Morgan fingerprint density at radius 1 is 1.22 bits per heavy atom. The number of carbonyl (C=O) groups excluding carboxylic acids is 3. The summed E-state index contributed by atoms with van der Waals surface area (Å²) >= 11 is 0. The van der Waals surface area contributed by atoms with Crippen LogP contribution in [0.5, 0.6) is 0 Å². The Balaban J connectivity index is 1.93. The van der Waals surface area contributed by atoms with Gasteiger partial charge in [-0.1, -0.05) is 0 Å². The molecule has 148 valence electrons. The molecule has 1 atom stereocenters. The van der Waals surface area contributed by atoms with Gasteiger partial charge in [-0.3, -0.25) is 14.4 Å². The van der Waals surface area contributed by atoms with E-state index in [4.69, 9.17) is 0 Å². The molecule has 1 aromatic carbocycles. The van der Waals surface area contributed by atoms with E-state index in [2.05, 4.69) is 15.4 Å². The maximum absolute atomic E-state index is 12.3. The second-order valence-electron chi connectivity index (χ2n) is 6.15. The Labute approximate surface area is 158 Å². The summed E-state index contributed by atoms with van der Waals surface area (Å²) in [5, 5.41) is 4.98. The smallest absolute Gasteiger partial charge is 0.242 e. The van der Waals surface area contributed by atoms with E-state index in [0.717, 1.165) is 6.42 Å². The van der Waals surface area contributed by atoms with Gasteiger partial charge in [0.05, 0.1) is 11.4 Å². The first kappa shape index (κ1) is 20.8. The van der Waals surface area contributed by atoms with Gasteiger partial charge in [-0.05, 0) is 44.5 Å². The fourth-order valence-electron chi connectivity index (χ4n) is 2.66. The third kappa shape index (κ3) is 5.51. The number of nitrogens with zero attached hydrogens (tertiary/aromatic N) is 1. The van der Waals surface area contributed by atoms with Gasteiger partial charge in [-0.25, -0.2) is 13.1 Å². The molecule has 1 heterocycles. The summed E-state index contributed by atoms with van der Waals surface area (Å²) < 4.78 is 26.8. The van der Waals surface area contributed by atoms with E-state index < -0.39 is 28.5 Å². The summed E-state index contributed by atoms with van der Waals surface area (Å²) in [5.41, 5.74) is 0.643. The number of carbonyl (C=O) groups is 3. The van der Waals surface area contributed by atoms with Crippen LogP contribution < -0.4 is 20.3 Å². The zero-order valence-corrected chi connectivity index (χ0v) is 16.1. The van der Waals surface area contributed by atoms with Gasteiger partial charge in [-0.15, -0.1) is 0 Å². The predicted molar refractivity (Wildman–Crippen MR) is 99.5 cm³/mol. The van der Waals surface area contributed by atoms with Crippen LogP contribution in [0.25, 0.3) is 0 Å². The molecule has 1 aromatic rings. The first-order chi connectivity index (χ1) is 12.7. The van der Waals surface area contributed by atoms with Crippen molar-refractivity contribution in [1.29, 1.82) is 0 Å². The number of sulfonamides is 1. The van der Waals surface area contributed by atoms with E-state index in [1.54, 1.807) is 24.0 Å². The number of likely N-dealkylation sites (N-methyl/N-ethyl adjacent to an activating group) is 1. The maximum atomic E-state index is 12.3. The van der Waals surface area contributed by atoms with Gasteiger partial charge in [-0.2, -0.15) is 0 Å². The molecular formula is C17H24N4O5S. The molecule has 0 unspecified atom stereocenters. The topological polar surface area (TPSA) is 125 Å². The summed E-state index contributed by atoms with van der Waals surface area (Å²) in [4.78, 5) is 36.7. The van der Waals surface area contributed by atoms with Crippen LogP contribution in [0.1, 0.15) is 26.7 Å². The molecule has 0 bridgehead atoms. The average Bonchev–Trinajstić information content (AvgIpc) is 3.06. The lowest BCUT2D eigenvalue weighted by Gasteiger charge is -2.16. The van der Waals surface area contributed by atoms with Crippen molar-refractivity contribution in [3.8, 4) is 0 Å². The van der Waals surface area contributed by atoms with Crippen molar-refractivity contribution in [1.82, 2.24) is 15.4 Å². The second kappa shape index (κ2) is 8.96. The minimum absolute atomic E-state index is 0.0116. The Morgan fingerprint density at radius 2 is 1.89 bits per heavy atom. The molecule has 3 N–H and O–H groups in total. The summed E-state index contributed by atoms with van der Waals surface area (Å²) in [5.74, 6) is -0.945. The van der Waals surface area contributed by atoms with Crippen LogP contribution >= 0.6 is 0 Å². The van der Waals surface area contributed by atoms with Gasteiger partial charge in [0.25, 0.3) is 0 Å². The second-order valence-corrected chi connectivity index (χ2v) is 7.92. The zero-order chi connectivity index (χ0) is 20.0. The summed E-state index contributed by atoms with van der Waals surface area (Å²) in [6.45, 7) is 3.83. The standard InChI is InChI=1S/C17H24N4O5S/c1-3-18-17(24)12(2)20-15(22)11-19-27(25,26)14-8-6-13(7-9-14)21-10-4-5-16(21)23/h6-9,12,19H,3-5,10-11H2,1-2H3,(H,18,24)(H,20,22)/t12-/m0/s1. The van der Waals surface area contributed by atoms with Crippen LogP contribution in [0.3, 0.4) is 0 Å². The summed E-state index contributed by atoms with van der Waals surface area (Å²) in [7, 11) is -3.89. The quantitative estimate of drug-likeness (QED) is 0.558. The third-order valence-electron chi connectivity index (χ3n) is 4.08. The van der Waals surface area contributed by atoms with E-state index in [9.17, 15) is 22.8 Å². The van der Waals surface area contributed by atoms with Gasteiger partial charge in [0.1, 0.15) is 6.04 Å². The number of benzene rings is 1. The molecule has 0 aliphatic carbocycles. The Hall–Kier alpha value is -2.46. The van der Waals surface area contributed by atoms with Crippen LogP contribution in [-0.2, 0) is 24.4 Å². The lowest BCUT2D eigenvalue weighted by molar-refractivity contribution is -0.127. The molecule has 3 amide bonds. The molecular weight excluding hydrogens is 372 g/mol. The minimum atomic E-state index is -3.89. The first-order valence-corrected chi connectivity index (χ1v) is 10.2. The Bertz CT molecular complexity index is 807. The van der Waals surface area contributed by atoms with Crippen molar-refractivity contribution >= 4 is 33.4 Å². The largest absolute Gasteiger partial charge is 0.355 e. The average molecular weight is 396 g/mol. The van der Waals surface area contributed by atoms with Crippen LogP contribution in [0, 0.1) is 0 Å². The highest BCUT2D eigenvalue weighted by molar-refractivity contribution is 7.89. The molecule has 1 fully saturated rings. The number of hydrogen-bond acceptors (Lipinski definition) is 5. The van der Waals surface area contributed by atoms with E-state index in [1.165, 1.54) is 19.1 Å². The Morgan fingerprint density at radius 3 is 2.44 bits per heavy atom. The summed E-state index contributed by atoms with van der Waals surface area (Å²) in [6.07, 6.45) is 1.27. The number of nitrogens with one attached hydrogen (secondary N) is 3. The van der Waals surface area contributed by atoms with E-state index in [1.807, 2.05) is 0 Å². The monoisotopic (exact) mass is 396 g/mol. The lowest BCUT2D eigenvalue weighted by atomic mass is 10.3. The number of anilines is 1. The molecule has 0 radical (unpaired) electrons. The number of amides is 3. The SMILES string of the molecule is CCNC(=O)[C@H](C)NC(=O)CNS(=O)(=O)c1ccc(N2CCCC2=O)cc1. The fourth-order valence-corrected chi connectivity index (χ4v) is 3.64. The van der Waals surface area contributed by atoms with Crippen molar-refractivity contribution in [2.45, 2.75) is 37.6 Å². The highest BCUT2D eigenvalue weighted by Crippen LogP contribution is 2.22. The van der Waals surface area contributed by atoms with Crippen molar-refractivity contribution < 1.29 is 22.8 Å². The normalized spacial score (nSPS) is 15.5. The van der Waals surface area contributed by atoms with Gasteiger partial charge in [0, 0.05) is 25.2 Å². The van der Waals surface area contributed by atoms with Crippen molar-refractivity contribution in [3.05, 3.63) is 24.3 Å². The third-order valence-corrected chi connectivity index (χ3v) is 5.49. The lowest BCUT2D eigenvalue weighted by Crippen LogP contribution is -2.47. The fraction of sp³-hybridized carbons (Fsp3) is 0.471. The molecule has 1 aliphatic rings. The van der Waals surface area contributed by atoms with E-state index in [-0.39, 0.29) is 16.7 Å². The van der Waals surface area contributed by atoms with Crippen LogP contribution in [0.2, 0.25) is 0 Å². The Kier molecular flexibility index (Phi) is 6.92. The highest BCUT2D eigenvalue weighted by atomic mass is 32.2. The molecule has 9 nitrogen and oxygen atoms in total. The molecule has 0 spiro atoms. The molecule has 1 aliphatic heterocycles. The summed E-state index contributed by atoms with van der Waals surface area (Å²) in [6, 6.07) is 5.14. The van der Waals surface area contributed by atoms with Crippen molar-refractivity contribution in [3.63, 3.8) is 0 Å². The van der Waals surface area contributed by atoms with Gasteiger partial charge >= 0.3 is 0 Å². The van der Waals surface area contributed by atoms with Gasteiger partial charge in [0.15, 0.2) is 0 Å². The minimum Gasteiger partial charge on any atom is -0.355 e. The van der Waals surface area contributed by atoms with Crippen LogP contribution in [-0.4, -0.2) is 51.8 Å². The molecule has 0 saturated carbocycles. The van der Waals surface area contributed by atoms with Crippen molar-refractivity contribution in [2.24, 2.45) is 0 Å². The molecule has 10 heteroatoms. The molecule has 0 aromatic heterocycles. The molecule has 27 heavy (non-hydrogen) atoms. The maximum Gasteiger partial charge on any atom is 0.242 e. The highest BCUT2D eigenvalue weighted by Gasteiger charge is 2.23. The van der Waals surface area contributed by atoms with Gasteiger partial charge < -0.3 is 15.5 Å².